The summed E-state index contributed by atoms with van der Waals surface area (Å²) in [7, 11) is 0. The summed E-state index contributed by atoms with van der Waals surface area (Å²) in [4.78, 5) is 27.6. The van der Waals surface area contributed by atoms with Crippen LogP contribution in [0.3, 0.4) is 0 Å². The molecule has 0 saturated carbocycles. The number of nitrogens with two attached hydrogens (primary N) is 3. The normalized spacial score (nSPS) is 13.1. The Hall–Kier alpha value is -4.81. The molecule has 0 amide bonds. The number of carbonyl (C=O) groups is 2. The third kappa shape index (κ3) is 11.3. The first-order chi connectivity index (χ1) is 21.3. The van der Waals surface area contributed by atoms with Crippen molar-refractivity contribution in [1.29, 1.82) is 0 Å². The van der Waals surface area contributed by atoms with E-state index >= 15 is 0 Å². The van der Waals surface area contributed by atoms with Crippen molar-refractivity contribution in [1.82, 2.24) is 0 Å². The number of carboxylic acids is 2. The van der Waals surface area contributed by atoms with Gasteiger partial charge in [-0.3, -0.25) is 9.79 Å². The van der Waals surface area contributed by atoms with E-state index in [4.69, 9.17) is 36.5 Å². The van der Waals surface area contributed by atoms with Gasteiger partial charge in [0.25, 0.3) is 0 Å². The molecule has 3 aromatic carbocycles. The highest BCUT2D eigenvalue weighted by atomic mass is 16.5. The third-order valence-corrected chi connectivity index (χ3v) is 6.52. The summed E-state index contributed by atoms with van der Waals surface area (Å²) in [5.74, 6) is 0.434. The van der Waals surface area contributed by atoms with Crippen LogP contribution in [0.25, 0.3) is 0 Å². The standard InChI is InChI=1S/C27H29NO5.C6H14N4O2/c1-27(2,3)33-25(26(29)30)18-19-12-14-20(15-13-19)31-17-16-28-21-8-4-6-10-23(21)32-24-11-7-5-9-22(24)28;7-4(5(11)12)2-1-3-10-6(8)9/h4-15,25H,16-18H2,1-3H3,(H,29,30);4H,1-3,7H2,(H,11,12)(H4,8,9,10)/t25-;/m0./s1. The number of anilines is 2. The average molecular weight is 622 g/mol. The first kappa shape index (κ1) is 34.7. The number of aliphatic carboxylic acids is 2. The minimum Gasteiger partial charge on any atom is -0.492 e. The molecule has 0 bridgehead atoms. The van der Waals surface area contributed by atoms with Gasteiger partial charge in [-0.2, -0.15) is 0 Å². The van der Waals surface area contributed by atoms with Gasteiger partial charge in [-0.1, -0.05) is 36.4 Å². The smallest absolute Gasteiger partial charge is 0.333 e. The van der Waals surface area contributed by atoms with Gasteiger partial charge < -0.3 is 46.5 Å². The van der Waals surface area contributed by atoms with Crippen molar-refractivity contribution < 1.29 is 34.0 Å². The molecule has 3 aromatic rings. The summed E-state index contributed by atoms with van der Waals surface area (Å²) in [6.45, 7) is 7.11. The number of aliphatic imine (C=N–C) groups is 1. The molecule has 1 aliphatic heterocycles. The number of fused-ring (bicyclic) bond motifs is 2. The van der Waals surface area contributed by atoms with Gasteiger partial charge in [0.2, 0.25) is 0 Å². The number of hydrogen-bond acceptors (Lipinski definition) is 8. The van der Waals surface area contributed by atoms with Crippen molar-refractivity contribution in [3.8, 4) is 17.2 Å². The fourth-order valence-corrected chi connectivity index (χ4v) is 4.46. The summed E-state index contributed by atoms with van der Waals surface area (Å²) < 4.78 is 17.7. The number of nitrogens with zero attached hydrogens (tertiary/aromatic N) is 2. The van der Waals surface area contributed by atoms with Crippen LogP contribution in [0, 0.1) is 0 Å². The lowest BCUT2D eigenvalue weighted by Gasteiger charge is -2.32. The molecular weight excluding hydrogens is 578 g/mol. The summed E-state index contributed by atoms with van der Waals surface area (Å²) in [5.41, 5.74) is 17.7. The summed E-state index contributed by atoms with van der Waals surface area (Å²) in [5, 5.41) is 17.8. The Kier molecular flexibility index (Phi) is 12.6. The zero-order valence-electron chi connectivity index (χ0n) is 25.9. The van der Waals surface area contributed by atoms with Crippen molar-refractivity contribution in [3.63, 3.8) is 0 Å². The second kappa shape index (κ2) is 16.3. The Morgan fingerprint density at radius 1 is 0.911 bits per heavy atom. The molecule has 0 aliphatic carbocycles. The van der Waals surface area contributed by atoms with E-state index in [0.717, 1.165) is 34.2 Å². The summed E-state index contributed by atoms with van der Waals surface area (Å²) in [6, 6.07) is 22.6. The molecule has 0 aromatic heterocycles. The van der Waals surface area contributed by atoms with E-state index in [2.05, 4.69) is 9.89 Å². The fourth-order valence-electron chi connectivity index (χ4n) is 4.46. The van der Waals surface area contributed by atoms with Crippen LogP contribution in [-0.4, -0.2) is 65.6 Å². The monoisotopic (exact) mass is 621 g/mol. The maximum atomic E-state index is 11.6. The first-order valence-electron chi connectivity index (χ1n) is 14.6. The van der Waals surface area contributed by atoms with Gasteiger partial charge in [0, 0.05) is 13.0 Å². The first-order valence-corrected chi connectivity index (χ1v) is 14.6. The molecular formula is C33H43N5O7. The average Bonchev–Trinajstić information content (AvgIpc) is 2.98. The van der Waals surface area contributed by atoms with Crippen LogP contribution >= 0.6 is 0 Å². The summed E-state index contributed by atoms with van der Waals surface area (Å²) in [6.07, 6.45) is 0.365. The second-order valence-electron chi connectivity index (χ2n) is 11.3. The van der Waals surface area contributed by atoms with Crippen LogP contribution in [0.2, 0.25) is 0 Å². The maximum absolute atomic E-state index is 11.6. The number of guanidine groups is 1. The van der Waals surface area contributed by atoms with E-state index in [1.807, 2.05) is 93.6 Å². The minimum absolute atomic E-state index is 0.0129. The van der Waals surface area contributed by atoms with E-state index in [1.54, 1.807) is 0 Å². The molecule has 8 N–H and O–H groups in total. The van der Waals surface area contributed by atoms with E-state index in [9.17, 15) is 14.7 Å². The van der Waals surface area contributed by atoms with Gasteiger partial charge in [-0.05, 0) is 75.6 Å². The summed E-state index contributed by atoms with van der Waals surface area (Å²) >= 11 is 0. The van der Waals surface area contributed by atoms with E-state index in [1.165, 1.54) is 0 Å². The van der Waals surface area contributed by atoms with Crippen molar-refractivity contribution in [2.24, 2.45) is 22.2 Å². The fraction of sp³-hybridized carbons (Fsp3) is 0.364. The predicted molar refractivity (Wildman–Crippen MR) is 173 cm³/mol. The minimum atomic E-state index is -1.00. The largest absolute Gasteiger partial charge is 0.492 e. The Labute approximate surface area is 263 Å². The zero-order valence-corrected chi connectivity index (χ0v) is 25.9. The van der Waals surface area contributed by atoms with Gasteiger partial charge in [-0.15, -0.1) is 0 Å². The van der Waals surface area contributed by atoms with Gasteiger partial charge in [-0.25, -0.2) is 4.79 Å². The molecule has 1 heterocycles. The SMILES string of the molecule is CC(C)(C)O[C@@H](Cc1ccc(OCCN2c3ccccc3Oc3ccccc32)cc1)C(=O)O.NC(N)=NCCCC(N)C(=O)O. The van der Waals surface area contributed by atoms with Gasteiger partial charge in [0.05, 0.1) is 23.5 Å². The van der Waals surface area contributed by atoms with E-state index in [-0.39, 0.29) is 5.96 Å². The van der Waals surface area contributed by atoms with Crippen molar-refractivity contribution in [3.05, 3.63) is 78.4 Å². The Morgan fingerprint density at radius 2 is 1.49 bits per heavy atom. The molecule has 45 heavy (non-hydrogen) atoms. The Balaban J connectivity index is 0.000000392. The van der Waals surface area contributed by atoms with Crippen LogP contribution in [0.4, 0.5) is 11.4 Å². The van der Waals surface area contributed by atoms with E-state index in [0.29, 0.717) is 39.0 Å². The quantitative estimate of drug-likeness (QED) is 0.104. The second-order valence-corrected chi connectivity index (χ2v) is 11.3. The molecule has 1 aliphatic rings. The molecule has 0 fully saturated rings. The maximum Gasteiger partial charge on any atom is 0.333 e. The Morgan fingerprint density at radius 3 is 2.00 bits per heavy atom. The number of rotatable bonds is 13. The van der Waals surface area contributed by atoms with Gasteiger partial charge in [0.15, 0.2) is 23.6 Å². The highest BCUT2D eigenvalue weighted by Crippen LogP contribution is 2.45. The third-order valence-electron chi connectivity index (χ3n) is 6.52. The molecule has 0 radical (unpaired) electrons. The predicted octanol–water partition coefficient (Wildman–Crippen LogP) is 4.27. The van der Waals surface area contributed by atoms with Crippen molar-refractivity contribution in [2.75, 3.05) is 24.6 Å². The lowest BCUT2D eigenvalue weighted by Crippen LogP contribution is -2.34. The molecule has 12 nitrogen and oxygen atoms in total. The molecule has 4 rings (SSSR count). The van der Waals surface area contributed by atoms with E-state index < -0.39 is 29.7 Å². The van der Waals surface area contributed by atoms with Crippen LogP contribution in [0.15, 0.2) is 77.8 Å². The zero-order chi connectivity index (χ0) is 33.0. The van der Waals surface area contributed by atoms with Crippen LogP contribution < -0.4 is 31.6 Å². The highest BCUT2D eigenvalue weighted by molar-refractivity contribution is 5.78. The molecule has 2 atom stereocenters. The van der Waals surface area contributed by atoms with Gasteiger partial charge >= 0.3 is 11.9 Å². The lowest BCUT2D eigenvalue weighted by atomic mass is 10.1. The van der Waals surface area contributed by atoms with Crippen molar-refractivity contribution >= 4 is 29.3 Å². The van der Waals surface area contributed by atoms with Crippen LogP contribution in [0.1, 0.15) is 39.2 Å². The van der Waals surface area contributed by atoms with Crippen molar-refractivity contribution in [2.45, 2.75) is 57.8 Å². The number of ether oxygens (including phenoxy) is 3. The van der Waals surface area contributed by atoms with Crippen LogP contribution in [0.5, 0.6) is 17.2 Å². The molecule has 242 valence electrons. The number of para-hydroxylation sites is 4. The molecule has 0 spiro atoms. The topological polar surface area (TPSA) is 196 Å². The lowest BCUT2D eigenvalue weighted by molar-refractivity contribution is -0.159. The Bertz CT molecular complexity index is 1390. The number of benzene rings is 3. The van der Waals surface area contributed by atoms with Crippen LogP contribution in [-0.2, 0) is 20.7 Å². The molecule has 1 unspecified atom stereocenters. The number of hydrogen-bond donors (Lipinski definition) is 5. The number of carboxylic acid groups (broad SMARTS) is 2. The van der Waals surface area contributed by atoms with Gasteiger partial charge in [0.1, 0.15) is 18.4 Å². The highest BCUT2D eigenvalue weighted by Gasteiger charge is 2.26. The molecule has 0 saturated heterocycles. The molecule has 12 heteroatoms.